The molecule has 1 aliphatic heterocycles. The van der Waals surface area contributed by atoms with Crippen molar-refractivity contribution in [3.63, 3.8) is 0 Å². The van der Waals surface area contributed by atoms with Crippen molar-refractivity contribution in [2.75, 3.05) is 33.3 Å². The van der Waals surface area contributed by atoms with E-state index in [0.29, 0.717) is 36.2 Å². The predicted molar refractivity (Wildman–Crippen MR) is 159 cm³/mol. The molecule has 5 rings (SSSR count). The summed E-state index contributed by atoms with van der Waals surface area (Å²) >= 11 is 0. The van der Waals surface area contributed by atoms with Crippen molar-refractivity contribution >= 4 is 16.9 Å². The lowest BCUT2D eigenvalue weighted by molar-refractivity contribution is 0.0678. The quantitative estimate of drug-likeness (QED) is 0.247. The largest absolute Gasteiger partial charge is 0.496 e. The van der Waals surface area contributed by atoms with Gasteiger partial charge in [0.25, 0.3) is 5.91 Å². The van der Waals surface area contributed by atoms with E-state index < -0.39 is 5.82 Å². The first-order chi connectivity index (χ1) is 19.4. The molecule has 0 aliphatic carbocycles. The third kappa shape index (κ3) is 5.89. The van der Waals surface area contributed by atoms with E-state index in [4.69, 9.17) is 4.74 Å². The van der Waals surface area contributed by atoms with Crippen LogP contribution in [0.15, 0.2) is 60.9 Å². The van der Waals surface area contributed by atoms with Gasteiger partial charge in [0.05, 0.1) is 7.11 Å². The van der Waals surface area contributed by atoms with Gasteiger partial charge >= 0.3 is 0 Å². The third-order valence-corrected chi connectivity index (χ3v) is 8.27. The van der Waals surface area contributed by atoms with Gasteiger partial charge in [0, 0.05) is 59.2 Å². The van der Waals surface area contributed by atoms with Crippen LogP contribution in [0.4, 0.5) is 4.39 Å². The highest BCUT2D eigenvalue weighted by atomic mass is 19.1. The lowest BCUT2D eigenvalue weighted by Gasteiger charge is -2.34. The number of likely N-dealkylation sites (tertiary alicyclic amines) is 1. The van der Waals surface area contributed by atoms with E-state index in [1.165, 1.54) is 12.1 Å². The number of hydrogen-bond acceptors (Lipinski definition) is 4. The molecule has 1 N–H and O–H groups in total. The number of amides is 1. The van der Waals surface area contributed by atoms with Gasteiger partial charge in [-0.05, 0) is 88.0 Å². The van der Waals surface area contributed by atoms with Gasteiger partial charge in [-0.1, -0.05) is 25.1 Å². The molecule has 1 saturated heterocycles. The fourth-order valence-corrected chi connectivity index (χ4v) is 5.87. The van der Waals surface area contributed by atoms with Crippen LogP contribution < -0.4 is 4.74 Å². The summed E-state index contributed by atoms with van der Waals surface area (Å²) in [5, 5.41) is 0.903. The van der Waals surface area contributed by atoms with Crippen molar-refractivity contribution in [1.29, 1.82) is 0 Å². The maximum atomic E-state index is 14.9. The summed E-state index contributed by atoms with van der Waals surface area (Å²) in [6.45, 7) is 10.3. The van der Waals surface area contributed by atoms with Crippen LogP contribution in [-0.4, -0.2) is 65.0 Å². The summed E-state index contributed by atoms with van der Waals surface area (Å²) in [6.07, 6.45) is 6.76. The highest BCUT2D eigenvalue weighted by Gasteiger charge is 2.25. The first kappa shape index (κ1) is 27.8. The molecule has 40 heavy (non-hydrogen) atoms. The minimum Gasteiger partial charge on any atom is -0.496 e. The average Bonchev–Trinajstić information content (AvgIpc) is 3.40. The molecule has 1 aliphatic rings. The van der Waals surface area contributed by atoms with Crippen molar-refractivity contribution in [3.8, 4) is 28.0 Å². The molecule has 0 atom stereocenters. The molecule has 0 saturated carbocycles. The Morgan fingerprint density at radius 1 is 1.12 bits per heavy atom. The maximum Gasteiger partial charge on any atom is 0.253 e. The Hall–Kier alpha value is -3.71. The highest BCUT2D eigenvalue weighted by Crippen LogP contribution is 2.36. The number of benzene rings is 2. The van der Waals surface area contributed by atoms with Crippen LogP contribution >= 0.6 is 0 Å². The number of carbonyl (C=O) groups excluding carboxylic acids is 1. The second-order valence-electron chi connectivity index (χ2n) is 11.0. The summed E-state index contributed by atoms with van der Waals surface area (Å²) in [5.41, 5.74) is 4.39. The number of nitrogens with one attached hydrogen (secondary N) is 1. The van der Waals surface area contributed by atoms with Gasteiger partial charge in [-0.2, -0.15) is 0 Å². The molecule has 3 heterocycles. The summed E-state index contributed by atoms with van der Waals surface area (Å²) in [4.78, 5) is 25.6. The number of rotatable bonds is 9. The molecular weight excluding hydrogens is 503 g/mol. The first-order valence-corrected chi connectivity index (χ1v) is 14.3. The van der Waals surface area contributed by atoms with Gasteiger partial charge in [0.1, 0.15) is 17.2 Å². The second-order valence-corrected chi connectivity index (χ2v) is 11.0. The van der Waals surface area contributed by atoms with E-state index in [1.807, 2.05) is 41.4 Å². The standard InChI is InChI=1S/C33H39FN4O2/c1-5-37(22(2)3)13-10-23-11-14-38(15-12-23)33(39)25-16-24(17-27(34)18-25)26-19-29-30(21-36-32(29)35-20-26)28-8-6-7-9-31(28)40-4/h6-9,16-23H,5,10-15H2,1-4H3,(H,35,36). The Labute approximate surface area is 236 Å². The van der Waals surface area contributed by atoms with E-state index >= 15 is 0 Å². The molecule has 4 aromatic rings. The number of nitrogens with zero attached hydrogens (tertiary/aromatic N) is 3. The first-order valence-electron chi connectivity index (χ1n) is 14.3. The smallest absolute Gasteiger partial charge is 0.253 e. The molecule has 210 valence electrons. The van der Waals surface area contributed by atoms with Crippen molar-refractivity contribution in [1.82, 2.24) is 19.8 Å². The zero-order valence-corrected chi connectivity index (χ0v) is 23.9. The normalized spacial score (nSPS) is 14.4. The molecule has 7 heteroatoms. The van der Waals surface area contributed by atoms with Crippen molar-refractivity contribution in [2.45, 2.75) is 46.1 Å². The molecular formula is C33H39FN4O2. The minimum atomic E-state index is -0.428. The van der Waals surface area contributed by atoms with Crippen molar-refractivity contribution in [2.24, 2.45) is 5.92 Å². The van der Waals surface area contributed by atoms with Crippen LogP contribution in [0.3, 0.4) is 0 Å². The number of hydrogen-bond donors (Lipinski definition) is 1. The van der Waals surface area contributed by atoms with Crippen LogP contribution in [0.5, 0.6) is 5.75 Å². The number of carbonyl (C=O) groups is 1. The van der Waals surface area contributed by atoms with Crippen LogP contribution in [0.2, 0.25) is 0 Å². The topological polar surface area (TPSA) is 61.5 Å². The van der Waals surface area contributed by atoms with Gasteiger partial charge in [-0.15, -0.1) is 0 Å². The number of ether oxygens (including phenoxy) is 1. The number of pyridine rings is 1. The van der Waals surface area contributed by atoms with Gasteiger partial charge in [-0.3, -0.25) is 4.79 Å². The Morgan fingerprint density at radius 2 is 1.90 bits per heavy atom. The second kappa shape index (κ2) is 12.2. The van der Waals surface area contributed by atoms with Gasteiger partial charge in [0.15, 0.2) is 0 Å². The van der Waals surface area contributed by atoms with Gasteiger partial charge in [-0.25, -0.2) is 9.37 Å². The molecule has 0 unspecified atom stereocenters. The lowest BCUT2D eigenvalue weighted by atomic mass is 9.92. The summed E-state index contributed by atoms with van der Waals surface area (Å²) in [6, 6.07) is 15.0. The van der Waals surface area contributed by atoms with Crippen molar-refractivity contribution < 1.29 is 13.9 Å². The molecule has 2 aromatic carbocycles. The van der Waals surface area contributed by atoms with E-state index in [-0.39, 0.29) is 5.91 Å². The van der Waals surface area contributed by atoms with E-state index in [2.05, 4.69) is 35.6 Å². The number of aromatic nitrogens is 2. The monoisotopic (exact) mass is 542 g/mol. The average molecular weight is 543 g/mol. The Bertz CT molecular complexity index is 1470. The third-order valence-electron chi connectivity index (χ3n) is 8.27. The number of methoxy groups -OCH3 is 1. The molecule has 0 spiro atoms. The Morgan fingerprint density at radius 3 is 2.62 bits per heavy atom. The predicted octanol–water partition coefficient (Wildman–Crippen LogP) is 7.02. The Balaban J connectivity index is 1.34. The number of fused-ring (bicyclic) bond motifs is 1. The zero-order valence-electron chi connectivity index (χ0n) is 23.9. The van der Waals surface area contributed by atoms with E-state index in [9.17, 15) is 9.18 Å². The Kier molecular flexibility index (Phi) is 8.50. The number of aromatic amines is 1. The maximum absolute atomic E-state index is 14.9. The minimum absolute atomic E-state index is 0.109. The zero-order chi connectivity index (χ0) is 28.2. The van der Waals surface area contributed by atoms with E-state index in [1.54, 1.807) is 19.4 Å². The van der Waals surface area contributed by atoms with Gasteiger partial charge < -0.3 is 19.5 Å². The van der Waals surface area contributed by atoms with Crippen LogP contribution in [0.25, 0.3) is 33.3 Å². The van der Waals surface area contributed by atoms with Crippen molar-refractivity contribution in [3.05, 3.63) is 72.3 Å². The number of para-hydroxylation sites is 1. The fraction of sp³-hybridized carbons (Fsp3) is 0.394. The fourth-order valence-electron chi connectivity index (χ4n) is 5.87. The molecule has 6 nitrogen and oxygen atoms in total. The molecule has 1 amide bonds. The van der Waals surface area contributed by atoms with Crippen LogP contribution in [-0.2, 0) is 0 Å². The molecule has 1 fully saturated rings. The number of H-pyrrole nitrogens is 1. The summed E-state index contributed by atoms with van der Waals surface area (Å²) in [7, 11) is 1.65. The summed E-state index contributed by atoms with van der Waals surface area (Å²) in [5.74, 6) is 0.848. The molecule has 0 radical (unpaired) electrons. The lowest BCUT2D eigenvalue weighted by Crippen LogP contribution is -2.40. The molecule has 2 aromatic heterocycles. The number of halogens is 1. The summed E-state index contributed by atoms with van der Waals surface area (Å²) < 4.78 is 20.4. The van der Waals surface area contributed by atoms with Crippen LogP contribution in [0, 0.1) is 11.7 Å². The SMILES string of the molecule is CCN(CCC1CCN(C(=O)c2cc(F)cc(-c3cnc4[nH]cc(-c5ccccc5OC)c4c3)c2)CC1)C(C)C. The highest BCUT2D eigenvalue weighted by molar-refractivity contribution is 5.98. The van der Waals surface area contributed by atoms with E-state index in [0.717, 1.165) is 65.8 Å². The molecule has 0 bridgehead atoms. The van der Waals surface area contributed by atoms with Crippen LogP contribution in [0.1, 0.15) is 50.4 Å². The van der Waals surface area contributed by atoms with Gasteiger partial charge in [0.2, 0.25) is 0 Å². The number of piperidine rings is 1.